The van der Waals surface area contributed by atoms with Crippen LogP contribution in [0.15, 0.2) is 56.4 Å². The first-order valence-electron chi connectivity index (χ1n) is 5.57. The molecule has 90 valence electrons. The van der Waals surface area contributed by atoms with Crippen LogP contribution in [0.3, 0.4) is 0 Å². The first-order chi connectivity index (χ1) is 8.72. The first kappa shape index (κ1) is 11.9. The van der Waals surface area contributed by atoms with Crippen LogP contribution in [0.2, 0.25) is 0 Å². The van der Waals surface area contributed by atoms with Crippen molar-refractivity contribution in [3.05, 3.63) is 57.0 Å². The summed E-state index contributed by atoms with van der Waals surface area (Å²) in [7, 11) is 0. The van der Waals surface area contributed by atoms with Gasteiger partial charge in [0, 0.05) is 14.6 Å². The van der Waals surface area contributed by atoms with E-state index in [-0.39, 0.29) is 0 Å². The number of hydrogen-bond donors (Lipinski definition) is 0. The Balaban J connectivity index is 1.93. The molecule has 0 amide bonds. The Morgan fingerprint density at radius 3 is 2.44 bits per heavy atom. The van der Waals surface area contributed by atoms with E-state index in [9.17, 15) is 0 Å². The van der Waals surface area contributed by atoms with Gasteiger partial charge in [0.25, 0.3) is 0 Å². The van der Waals surface area contributed by atoms with E-state index in [0.29, 0.717) is 0 Å². The Labute approximate surface area is 123 Å². The Morgan fingerprint density at radius 2 is 1.67 bits per heavy atom. The van der Waals surface area contributed by atoms with Crippen molar-refractivity contribution in [1.29, 1.82) is 0 Å². The molecule has 1 aliphatic rings. The van der Waals surface area contributed by atoms with Crippen LogP contribution in [0.1, 0.15) is 5.56 Å². The van der Waals surface area contributed by atoms with Gasteiger partial charge in [0.2, 0.25) is 0 Å². The zero-order valence-corrected chi connectivity index (χ0v) is 12.6. The van der Waals surface area contributed by atoms with Crippen molar-refractivity contribution >= 4 is 49.6 Å². The van der Waals surface area contributed by atoms with E-state index in [1.807, 2.05) is 30.6 Å². The highest BCUT2D eigenvalue weighted by Crippen LogP contribution is 2.29. The van der Waals surface area contributed by atoms with Crippen LogP contribution in [-0.2, 0) is 6.54 Å². The van der Waals surface area contributed by atoms with E-state index in [1.165, 1.54) is 5.56 Å². The van der Waals surface area contributed by atoms with Gasteiger partial charge in [0.05, 0.1) is 18.6 Å². The maximum Gasteiger partial charge on any atom is 0.0960 e. The summed E-state index contributed by atoms with van der Waals surface area (Å²) < 4.78 is 2.18. The van der Waals surface area contributed by atoms with E-state index in [2.05, 4.69) is 60.0 Å². The van der Waals surface area contributed by atoms with Gasteiger partial charge in [0.1, 0.15) is 0 Å². The number of nitrogens with zero attached hydrogens (tertiary/aromatic N) is 2. The second-order valence-corrected chi connectivity index (χ2v) is 5.95. The van der Waals surface area contributed by atoms with Gasteiger partial charge in [-0.05, 0) is 48.0 Å². The Kier molecular flexibility index (Phi) is 3.22. The summed E-state index contributed by atoms with van der Waals surface area (Å²) in [5.74, 6) is 0. The number of halogens is 2. The van der Waals surface area contributed by atoms with Crippen LogP contribution in [0, 0.1) is 0 Å². The van der Waals surface area contributed by atoms with Crippen molar-refractivity contribution < 1.29 is 0 Å². The Bertz CT molecular complexity index is 606. The molecule has 0 N–H and O–H groups in total. The Morgan fingerprint density at radius 1 is 0.944 bits per heavy atom. The average molecular weight is 366 g/mol. The zero-order valence-electron chi connectivity index (χ0n) is 9.48. The molecule has 0 radical (unpaired) electrons. The van der Waals surface area contributed by atoms with Gasteiger partial charge in [-0.15, -0.1) is 0 Å². The van der Waals surface area contributed by atoms with Crippen molar-refractivity contribution in [2.75, 3.05) is 4.90 Å². The lowest BCUT2D eigenvalue weighted by molar-refractivity contribution is 0.995. The highest BCUT2D eigenvalue weighted by atomic mass is 79.9. The monoisotopic (exact) mass is 364 g/mol. The minimum absolute atomic E-state index is 0.847. The molecule has 4 heteroatoms. The minimum Gasteiger partial charge on any atom is -0.328 e. The average Bonchev–Trinajstić information content (AvgIpc) is 2.38. The maximum absolute atomic E-state index is 4.48. The van der Waals surface area contributed by atoms with E-state index in [1.54, 1.807) is 0 Å². The molecule has 2 aromatic rings. The third-order valence-electron chi connectivity index (χ3n) is 2.88. The molecule has 1 heterocycles. The lowest BCUT2D eigenvalue weighted by Crippen LogP contribution is -2.23. The second-order valence-electron chi connectivity index (χ2n) is 4.12. The van der Waals surface area contributed by atoms with Crippen molar-refractivity contribution in [1.82, 2.24) is 0 Å². The fourth-order valence-corrected chi connectivity index (χ4v) is 2.63. The largest absolute Gasteiger partial charge is 0.328 e. The summed E-state index contributed by atoms with van der Waals surface area (Å²) >= 11 is 6.95. The van der Waals surface area contributed by atoms with Gasteiger partial charge in [-0.1, -0.05) is 31.9 Å². The molecule has 2 aromatic carbocycles. The lowest BCUT2D eigenvalue weighted by atomic mass is 10.1. The molecule has 0 fully saturated rings. The number of anilines is 1. The summed E-state index contributed by atoms with van der Waals surface area (Å²) in [6, 6.07) is 14.4. The molecule has 1 aliphatic heterocycles. The molecule has 0 unspecified atom stereocenters. The normalized spacial score (nSPS) is 13.6. The second kappa shape index (κ2) is 4.86. The zero-order chi connectivity index (χ0) is 12.5. The van der Waals surface area contributed by atoms with Crippen LogP contribution in [0.25, 0.3) is 0 Å². The maximum atomic E-state index is 4.48. The molecular formula is C14H10Br2N2. The molecule has 0 atom stereocenters. The van der Waals surface area contributed by atoms with Gasteiger partial charge in [-0.3, -0.25) is 0 Å². The third-order valence-corrected chi connectivity index (χ3v) is 3.90. The predicted molar refractivity (Wildman–Crippen MR) is 82.6 cm³/mol. The minimum atomic E-state index is 0.847. The van der Waals surface area contributed by atoms with Crippen LogP contribution >= 0.6 is 31.9 Å². The highest BCUT2D eigenvalue weighted by molar-refractivity contribution is 9.10. The molecule has 3 rings (SSSR count). The van der Waals surface area contributed by atoms with Gasteiger partial charge >= 0.3 is 0 Å². The Hall–Kier alpha value is -1.13. The quantitative estimate of drug-likeness (QED) is 0.702. The molecule has 0 spiro atoms. The van der Waals surface area contributed by atoms with Gasteiger partial charge < -0.3 is 4.90 Å². The smallest absolute Gasteiger partial charge is 0.0960 e. The van der Waals surface area contributed by atoms with Gasteiger partial charge in [-0.2, -0.15) is 0 Å². The van der Waals surface area contributed by atoms with Crippen molar-refractivity contribution in [2.45, 2.75) is 6.54 Å². The number of hydrogen-bond acceptors (Lipinski definition) is 2. The van der Waals surface area contributed by atoms with Gasteiger partial charge in [0.15, 0.2) is 0 Å². The molecule has 0 saturated carbocycles. The number of fused-ring (bicyclic) bond motifs is 1. The van der Waals surface area contributed by atoms with E-state index in [4.69, 9.17) is 0 Å². The van der Waals surface area contributed by atoms with Gasteiger partial charge in [-0.25, -0.2) is 4.99 Å². The van der Waals surface area contributed by atoms with E-state index < -0.39 is 0 Å². The summed E-state index contributed by atoms with van der Waals surface area (Å²) in [6.45, 7) is 0.847. The number of benzene rings is 2. The molecule has 0 saturated heterocycles. The predicted octanol–water partition coefficient (Wildman–Crippen LogP) is 4.89. The summed E-state index contributed by atoms with van der Waals surface area (Å²) in [5.41, 5.74) is 3.42. The standard InChI is InChI=1S/C14H10Br2N2/c15-11-1-4-13(5-2-11)18-8-10-7-12(16)3-6-14(10)17-9-18/h1-7,9H,8H2. The van der Waals surface area contributed by atoms with Crippen molar-refractivity contribution in [2.24, 2.45) is 4.99 Å². The van der Waals surface area contributed by atoms with Crippen LogP contribution in [-0.4, -0.2) is 6.34 Å². The van der Waals surface area contributed by atoms with Crippen LogP contribution in [0.4, 0.5) is 11.4 Å². The molecule has 18 heavy (non-hydrogen) atoms. The SMILES string of the molecule is Brc1ccc(N2C=Nc3ccc(Br)cc3C2)cc1. The molecule has 0 aromatic heterocycles. The summed E-state index contributed by atoms with van der Waals surface area (Å²) in [5, 5.41) is 0. The summed E-state index contributed by atoms with van der Waals surface area (Å²) in [6.07, 6.45) is 1.89. The van der Waals surface area contributed by atoms with Crippen molar-refractivity contribution in [3.8, 4) is 0 Å². The van der Waals surface area contributed by atoms with Crippen LogP contribution < -0.4 is 4.90 Å². The highest BCUT2D eigenvalue weighted by Gasteiger charge is 2.13. The van der Waals surface area contributed by atoms with E-state index >= 15 is 0 Å². The van der Waals surface area contributed by atoms with Crippen molar-refractivity contribution in [3.63, 3.8) is 0 Å². The first-order valence-corrected chi connectivity index (χ1v) is 7.16. The number of aliphatic imine (C=N–C) groups is 1. The molecule has 0 aliphatic carbocycles. The van der Waals surface area contributed by atoms with Crippen LogP contribution in [0.5, 0.6) is 0 Å². The number of rotatable bonds is 1. The lowest BCUT2D eigenvalue weighted by Gasteiger charge is -2.24. The summed E-state index contributed by atoms with van der Waals surface area (Å²) in [4.78, 5) is 6.62. The molecular weight excluding hydrogens is 356 g/mol. The fourth-order valence-electron chi connectivity index (χ4n) is 1.95. The van der Waals surface area contributed by atoms with E-state index in [0.717, 1.165) is 26.9 Å². The topological polar surface area (TPSA) is 15.6 Å². The fraction of sp³-hybridized carbons (Fsp3) is 0.0714. The third kappa shape index (κ3) is 2.35. The molecule has 2 nitrogen and oxygen atoms in total. The molecule has 0 bridgehead atoms.